The van der Waals surface area contributed by atoms with Gasteiger partial charge in [0, 0.05) is 0 Å². The molecule has 1 aliphatic heterocycles. The Morgan fingerprint density at radius 3 is 2.36 bits per heavy atom. The summed E-state index contributed by atoms with van der Waals surface area (Å²) in [5, 5.41) is 0.302. The van der Waals surface area contributed by atoms with Crippen molar-refractivity contribution < 1.29 is 19.1 Å². The fourth-order valence-corrected chi connectivity index (χ4v) is 5.19. The summed E-state index contributed by atoms with van der Waals surface area (Å²) in [5.41, 5.74) is 4.81. The minimum atomic E-state index is -0.374. The highest BCUT2D eigenvalue weighted by molar-refractivity contribution is 8.18. The van der Waals surface area contributed by atoms with Gasteiger partial charge in [0.15, 0.2) is 5.75 Å². The molecule has 4 rings (SSSR count). The molecule has 8 heteroatoms. The molecule has 0 N–H and O–H groups in total. The standard InChI is InChI=1S/C28H25Cl2NO4S/c1-17-5-4-6-20(11-17)16-35-26-22(29)13-21(14-23(26)30)15-25-27(32)31(28(33)36-25)9-10-34-24-12-18(2)7-8-19(24)3/h4-8,11-15H,9-10,16H2,1-3H3/b25-15-. The fraction of sp³-hybridized carbons (Fsp3) is 0.214. The first-order chi connectivity index (χ1) is 17.2. The van der Waals surface area contributed by atoms with Crippen LogP contribution in [0.4, 0.5) is 4.79 Å². The van der Waals surface area contributed by atoms with E-state index in [4.69, 9.17) is 32.7 Å². The number of hydrogen-bond acceptors (Lipinski definition) is 5. The van der Waals surface area contributed by atoms with Gasteiger partial charge in [0.25, 0.3) is 11.1 Å². The van der Waals surface area contributed by atoms with Crippen LogP contribution in [0.5, 0.6) is 11.5 Å². The lowest BCUT2D eigenvalue weighted by atomic mass is 10.1. The van der Waals surface area contributed by atoms with Crippen LogP contribution in [-0.2, 0) is 11.4 Å². The van der Waals surface area contributed by atoms with E-state index in [9.17, 15) is 9.59 Å². The van der Waals surface area contributed by atoms with E-state index >= 15 is 0 Å². The summed E-state index contributed by atoms with van der Waals surface area (Å²) >= 11 is 13.8. The maximum Gasteiger partial charge on any atom is 0.293 e. The van der Waals surface area contributed by atoms with Crippen LogP contribution in [0.3, 0.4) is 0 Å². The van der Waals surface area contributed by atoms with Crippen molar-refractivity contribution >= 4 is 52.2 Å². The van der Waals surface area contributed by atoms with Crippen LogP contribution in [0.15, 0.2) is 59.5 Å². The molecule has 1 heterocycles. The van der Waals surface area contributed by atoms with E-state index in [0.29, 0.717) is 32.9 Å². The van der Waals surface area contributed by atoms with Crippen LogP contribution in [0.2, 0.25) is 10.0 Å². The monoisotopic (exact) mass is 541 g/mol. The first kappa shape index (κ1) is 26.1. The van der Waals surface area contributed by atoms with Gasteiger partial charge in [-0.05, 0) is 79.1 Å². The predicted octanol–water partition coefficient (Wildman–Crippen LogP) is 7.61. The number of halogens is 2. The maximum absolute atomic E-state index is 12.9. The molecule has 0 atom stereocenters. The largest absolute Gasteiger partial charge is 0.491 e. The van der Waals surface area contributed by atoms with Gasteiger partial charge in [-0.1, -0.05) is 65.2 Å². The molecule has 0 radical (unpaired) electrons. The number of carbonyl (C=O) groups is 2. The van der Waals surface area contributed by atoms with Crippen molar-refractivity contribution in [3.63, 3.8) is 0 Å². The smallest absolute Gasteiger partial charge is 0.293 e. The number of aryl methyl sites for hydroxylation is 3. The van der Waals surface area contributed by atoms with Crippen molar-refractivity contribution in [1.82, 2.24) is 4.90 Å². The highest BCUT2D eigenvalue weighted by Gasteiger charge is 2.35. The third-order valence-electron chi connectivity index (χ3n) is 5.57. The van der Waals surface area contributed by atoms with Crippen molar-refractivity contribution in [2.45, 2.75) is 27.4 Å². The number of benzene rings is 3. The Labute approximate surface area is 225 Å². The number of hydrogen-bond donors (Lipinski definition) is 0. The van der Waals surface area contributed by atoms with Crippen LogP contribution < -0.4 is 9.47 Å². The van der Waals surface area contributed by atoms with Gasteiger partial charge in [-0.2, -0.15) is 0 Å². The lowest BCUT2D eigenvalue weighted by Gasteiger charge is -2.14. The summed E-state index contributed by atoms with van der Waals surface area (Å²) in [4.78, 5) is 26.8. The van der Waals surface area contributed by atoms with Gasteiger partial charge in [-0.15, -0.1) is 0 Å². The van der Waals surface area contributed by atoms with E-state index < -0.39 is 0 Å². The topological polar surface area (TPSA) is 55.8 Å². The SMILES string of the molecule is Cc1cccc(COc2c(Cl)cc(/C=C3\SC(=O)N(CCOc4cc(C)ccc4C)C3=O)cc2Cl)c1. The molecule has 2 amide bonds. The zero-order valence-electron chi connectivity index (χ0n) is 20.1. The van der Waals surface area contributed by atoms with Gasteiger partial charge < -0.3 is 9.47 Å². The molecule has 186 valence electrons. The van der Waals surface area contributed by atoms with Crippen molar-refractivity contribution in [2.75, 3.05) is 13.2 Å². The van der Waals surface area contributed by atoms with E-state index in [0.717, 1.165) is 39.8 Å². The minimum absolute atomic E-state index is 0.155. The van der Waals surface area contributed by atoms with Crippen molar-refractivity contribution in [3.05, 3.63) is 97.4 Å². The molecule has 0 unspecified atom stereocenters. The van der Waals surface area contributed by atoms with Gasteiger partial charge in [-0.25, -0.2) is 0 Å². The molecule has 1 saturated heterocycles. The Hall–Kier alpha value is -2.93. The lowest BCUT2D eigenvalue weighted by Crippen LogP contribution is -2.32. The minimum Gasteiger partial charge on any atom is -0.491 e. The quantitative estimate of drug-likeness (QED) is 0.274. The highest BCUT2D eigenvalue weighted by atomic mass is 35.5. The maximum atomic E-state index is 12.9. The average molecular weight is 542 g/mol. The highest BCUT2D eigenvalue weighted by Crippen LogP contribution is 2.38. The number of imide groups is 1. The molecular formula is C28H25Cl2NO4S. The van der Waals surface area contributed by atoms with E-state index in [-0.39, 0.29) is 24.3 Å². The first-order valence-corrected chi connectivity index (χ1v) is 12.9. The molecule has 3 aromatic rings. The zero-order chi connectivity index (χ0) is 25.8. The third kappa shape index (κ3) is 6.25. The van der Waals surface area contributed by atoms with Crippen LogP contribution in [0, 0.1) is 20.8 Å². The van der Waals surface area contributed by atoms with E-state index in [2.05, 4.69) is 0 Å². The Morgan fingerprint density at radius 2 is 1.64 bits per heavy atom. The zero-order valence-corrected chi connectivity index (χ0v) is 22.5. The second-order valence-electron chi connectivity index (χ2n) is 8.54. The van der Waals surface area contributed by atoms with Gasteiger partial charge >= 0.3 is 0 Å². The molecular weight excluding hydrogens is 517 g/mol. The van der Waals surface area contributed by atoms with Crippen molar-refractivity contribution in [1.29, 1.82) is 0 Å². The normalized spacial score (nSPS) is 14.6. The fourth-order valence-electron chi connectivity index (χ4n) is 3.71. The second kappa shape index (κ2) is 11.4. The number of carbonyl (C=O) groups excluding carboxylic acids is 2. The van der Waals surface area contributed by atoms with E-state index in [1.165, 1.54) is 4.90 Å². The van der Waals surface area contributed by atoms with Gasteiger partial charge in [0.05, 0.1) is 21.5 Å². The molecule has 0 bridgehead atoms. The summed E-state index contributed by atoms with van der Waals surface area (Å²) in [6, 6.07) is 17.2. The van der Waals surface area contributed by atoms with Gasteiger partial charge in [-0.3, -0.25) is 14.5 Å². The summed E-state index contributed by atoms with van der Waals surface area (Å²) in [6.45, 7) is 6.63. The number of nitrogens with zero attached hydrogens (tertiary/aromatic N) is 1. The molecule has 0 saturated carbocycles. The van der Waals surface area contributed by atoms with Gasteiger partial charge in [0.1, 0.15) is 19.0 Å². The number of amides is 2. The van der Waals surface area contributed by atoms with Crippen molar-refractivity contribution in [3.8, 4) is 11.5 Å². The molecule has 0 spiro atoms. The molecule has 36 heavy (non-hydrogen) atoms. The number of thioether (sulfide) groups is 1. The summed E-state index contributed by atoms with van der Waals surface area (Å²) in [6.07, 6.45) is 1.61. The number of ether oxygens (including phenoxy) is 2. The molecule has 3 aromatic carbocycles. The second-order valence-corrected chi connectivity index (χ2v) is 10.3. The molecule has 5 nitrogen and oxygen atoms in total. The predicted molar refractivity (Wildman–Crippen MR) is 146 cm³/mol. The third-order valence-corrected chi connectivity index (χ3v) is 7.04. The van der Waals surface area contributed by atoms with Gasteiger partial charge in [0.2, 0.25) is 0 Å². The molecule has 0 aromatic heterocycles. The Kier molecular flexibility index (Phi) is 8.29. The molecule has 1 fully saturated rings. The Bertz CT molecular complexity index is 1330. The van der Waals surface area contributed by atoms with Crippen LogP contribution in [0.25, 0.3) is 6.08 Å². The Morgan fingerprint density at radius 1 is 0.917 bits per heavy atom. The summed E-state index contributed by atoms with van der Waals surface area (Å²) < 4.78 is 11.7. The lowest BCUT2D eigenvalue weighted by molar-refractivity contribution is -0.123. The van der Waals surface area contributed by atoms with E-state index in [1.54, 1.807) is 18.2 Å². The van der Waals surface area contributed by atoms with E-state index in [1.807, 2.05) is 63.2 Å². The molecule has 1 aliphatic rings. The first-order valence-electron chi connectivity index (χ1n) is 11.3. The van der Waals surface area contributed by atoms with Crippen LogP contribution in [0.1, 0.15) is 27.8 Å². The number of rotatable bonds is 8. The molecule has 0 aliphatic carbocycles. The van der Waals surface area contributed by atoms with Crippen LogP contribution >= 0.6 is 35.0 Å². The summed E-state index contributed by atoms with van der Waals surface area (Å²) in [5.74, 6) is 0.738. The van der Waals surface area contributed by atoms with Crippen molar-refractivity contribution in [2.24, 2.45) is 0 Å². The average Bonchev–Trinajstić information content (AvgIpc) is 3.08. The van der Waals surface area contributed by atoms with Crippen LogP contribution in [-0.4, -0.2) is 29.2 Å². The summed E-state index contributed by atoms with van der Waals surface area (Å²) in [7, 11) is 0. The Balaban J connectivity index is 1.41.